The van der Waals surface area contributed by atoms with Crippen molar-refractivity contribution in [2.24, 2.45) is 0 Å². The minimum absolute atomic E-state index is 0.183. The molecule has 7 heteroatoms. The average Bonchev–Trinajstić information content (AvgIpc) is 3.22. The standard InChI is InChI=1S/C19H22N6O/c1-6-23-25(9-1)13-12-24-10-4-18(5-11-24)26-19-21-14-17(15-22-19)16-2-7-20-8-3-16/h1-3,6-9,14-15,18H,4-5,10-13H2. The van der Waals surface area contributed by atoms with Gasteiger partial charge in [-0.1, -0.05) is 0 Å². The minimum Gasteiger partial charge on any atom is -0.460 e. The molecule has 0 N–H and O–H groups in total. The molecule has 7 nitrogen and oxygen atoms in total. The molecule has 3 aromatic rings. The zero-order valence-electron chi connectivity index (χ0n) is 14.6. The summed E-state index contributed by atoms with van der Waals surface area (Å²) in [6, 6.07) is 6.30. The third-order valence-corrected chi connectivity index (χ3v) is 4.65. The van der Waals surface area contributed by atoms with Crippen LogP contribution in [-0.4, -0.2) is 55.4 Å². The van der Waals surface area contributed by atoms with Gasteiger partial charge in [0.2, 0.25) is 0 Å². The first-order chi connectivity index (χ1) is 12.9. The van der Waals surface area contributed by atoms with Crippen molar-refractivity contribution in [3.8, 4) is 17.1 Å². The fourth-order valence-corrected chi connectivity index (χ4v) is 3.15. The van der Waals surface area contributed by atoms with Gasteiger partial charge in [0.1, 0.15) is 6.10 Å². The first-order valence-corrected chi connectivity index (χ1v) is 8.96. The molecule has 0 unspecified atom stereocenters. The lowest BCUT2D eigenvalue weighted by molar-refractivity contribution is 0.0905. The molecule has 1 saturated heterocycles. The molecule has 26 heavy (non-hydrogen) atoms. The Bertz CT molecular complexity index is 783. The van der Waals surface area contributed by atoms with Crippen LogP contribution >= 0.6 is 0 Å². The van der Waals surface area contributed by atoms with Crippen LogP contribution in [0.4, 0.5) is 0 Å². The van der Waals surface area contributed by atoms with Crippen LogP contribution in [0.2, 0.25) is 0 Å². The zero-order chi connectivity index (χ0) is 17.6. The molecule has 0 aliphatic carbocycles. The summed E-state index contributed by atoms with van der Waals surface area (Å²) in [5.41, 5.74) is 2.02. The summed E-state index contributed by atoms with van der Waals surface area (Å²) in [4.78, 5) is 15.2. The third kappa shape index (κ3) is 4.23. The smallest absolute Gasteiger partial charge is 0.316 e. The Morgan fingerprint density at radius 3 is 2.42 bits per heavy atom. The van der Waals surface area contributed by atoms with Crippen molar-refractivity contribution in [3.63, 3.8) is 0 Å². The number of aromatic nitrogens is 5. The van der Waals surface area contributed by atoms with Gasteiger partial charge in [-0.05, 0) is 36.6 Å². The van der Waals surface area contributed by atoms with E-state index in [0.717, 1.165) is 50.1 Å². The Balaban J connectivity index is 1.25. The maximum Gasteiger partial charge on any atom is 0.316 e. The van der Waals surface area contributed by atoms with Gasteiger partial charge < -0.3 is 9.64 Å². The van der Waals surface area contributed by atoms with Gasteiger partial charge in [0.05, 0.1) is 6.54 Å². The predicted molar refractivity (Wildman–Crippen MR) is 97.6 cm³/mol. The lowest BCUT2D eigenvalue weighted by Crippen LogP contribution is -2.39. The Kier molecular flexibility index (Phi) is 5.16. The molecule has 134 valence electrons. The van der Waals surface area contributed by atoms with Crippen LogP contribution in [0.3, 0.4) is 0 Å². The second kappa shape index (κ2) is 8.05. The van der Waals surface area contributed by atoms with Crippen LogP contribution in [-0.2, 0) is 6.54 Å². The van der Waals surface area contributed by atoms with Gasteiger partial charge in [-0.25, -0.2) is 9.97 Å². The van der Waals surface area contributed by atoms with E-state index in [4.69, 9.17) is 4.74 Å². The van der Waals surface area contributed by atoms with Crippen LogP contribution in [0, 0.1) is 0 Å². The summed E-state index contributed by atoms with van der Waals surface area (Å²) in [7, 11) is 0. The molecule has 0 saturated carbocycles. The van der Waals surface area contributed by atoms with E-state index in [9.17, 15) is 0 Å². The van der Waals surface area contributed by atoms with Gasteiger partial charge >= 0.3 is 6.01 Å². The summed E-state index contributed by atoms with van der Waals surface area (Å²) in [6.45, 7) is 4.01. The summed E-state index contributed by atoms with van der Waals surface area (Å²) >= 11 is 0. The lowest BCUT2D eigenvalue weighted by atomic mass is 10.1. The van der Waals surface area contributed by atoms with Crippen LogP contribution in [0.15, 0.2) is 55.4 Å². The number of likely N-dealkylation sites (tertiary alicyclic amines) is 1. The van der Waals surface area contributed by atoms with E-state index < -0.39 is 0 Å². The Hall–Kier alpha value is -2.80. The van der Waals surface area contributed by atoms with E-state index in [-0.39, 0.29) is 6.10 Å². The highest BCUT2D eigenvalue weighted by molar-refractivity contribution is 5.60. The quantitative estimate of drug-likeness (QED) is 0.679. The van der Waals surface area contributed by atoms with Crippen molar-refractivity contribution in [3.05, 3.63) is 55.4 Å². The van der Waals surface area contributed by atoms with Crippen molar-refractivity contribution in [1.82, 2.24) is 29.6 Å². The highest BCUT2D eigenvalue weighted by atomic mass is 16.5. The first-order valence-electron chi connectivity index (χ1n) is 8.96. The average molecular weight is 350 g/mol. The zero-order valence-corrected chi connectivity index (χ0v) is 14.6. The number of ether oxygens (including phenoxy) is 1. The molecular weight excluding hydrogens is 328 g/mol. The number of hydrogen-bond donors (Lipinski definition) is 0. The molecular formula is C19H22N6O. The summed E-state index contributed by atoms with van der Waals surface area (Å²) in [6.07, 6.45) is 13.1. The Morgan fingerprint density at radius 1 is 0.962 bits per heavy atom. The number of piperidine rings is 1. The highest BCUT2D eigenvalue weighted by Crippen LogP contribution is 2.19. The lowest BCUT2D eigenvalue weighted by Gasteiger charge is -2.31. The molecule has 1 aliphatic heterocycles. The van der Waals surface area contributed by atoms with Crippen molar-refractivity contribution in [1.29, 1.82) is 0 Å². The molecule has 0 atom stereocenters. The maximum absolute atomic E-state index is 5.97. The number of nitrogens with zero attached hydrogens (tertiary/aromatic N) is 6. The van der Waals surface area contributed by atoms with Gasteiger partial charge in [-0.2, -0.15) is 5.10 Å². The summed E-state index contributed by atoms with van der Waals surface area (Å²) < 4.78 is 7.94. The molecule has 0 spiro atoms. The molecule has 1 fully saturated rings. The largest absolute Gasteiger partial charge is 0.460 e. The fraction of sp³-hybridized carbons (Fsp3) is 0.368. The summed E-state index contributed by atoms with van der Waals surface area (Å²) in [5.74, 6) is 0. The van der Waals surface area contributed by atoms with Gasteiger partial charge in [-0.15, -0.1) is 0 Å². The second-order valence-electron chi connectivity index (χ2n) is 6.42. The van der Waals surface area contributed by atoms with Gasteiger partial charge in [0, 0.05) is 62.4 Å². The highest BCUT2D eigenvalue weighted by Gasteiger charge is 2.21. The fourth-order valence-electron chi connectivity index (χ4n) is 3.15. The number of hydrogen-bond acceptors (Lipinski definition) is 6. The molecule has 0 amide bonds. The third-order valence-electron chi connectivity index (χ3n) is 4.65. The van der Waals surface area contributed by atoms with E-state index in [0.29, 0.717) is 6.01 Å². The monoisotopic (exact) mass is 350 g/mol. The topological polar surface area (TPSA) is 69.0 Å². The SMILES string of the molecule is c1cnn(CCN2CCC(Oc3ncc(-c4ccncc4)cn3)CC2)c1. The maximum atomic E-state index is 5.97. The van der Waals surface area contributed by atoms with Crippen molar-refractivity contribution < 1.29 is 4.74 Å². The van der Waals surface area contributed by atoms with E-state index in [1.165, 1.54) is 0 Å². The van der Waals surface area contributed by atoms with Crippen LogP contribution in [0.5, 0.6) is 6.01 Å². The Labute approximate surface area is 152 Å². The molecule has 3 aromatic heterocycles. The Morgan fingerprint density at radius 2 is 1.73 bits per heavy atom. The molecule has 0 bridgehead atoms. The first kappa shape index (κ1) is 16.7. The molecule has 4 heterocycles. The molecule has 4 rings (SSSR count). The molecule has 0 aromatic carbocycles. The van der Waals surface area contributed by atoms with Crippen LogP contribution < -0.4 is 4.74 Å². The van der Waals surface area contributed by atoms with Gasteiger partial charge in [0.25, 0.3) is 0 Å². The van der Waals surface area contributed by atoms with Crippen LogP contribution in [0.25, 0.3) is 11.1 Å². The van der Waals surface area contributed by atoms with E-state index >= 15 is 0 Å². The second-order valence-corrected chi connectivity index (χ2v) is 6.42. The summed E-state index contributed by atoms with van der Waals surface area (Å²) in [5, 5.41) is 4.25. The molecule has 0 radical (unpaired) electrons. The molecule has 1 aliphatic rings. The predicted octanol–water partition coefficient (Wildman–Crippen LogP) is 2.28. The van der Waals surface area contributed by atoms with E-state index in [2.05, 4.69) is 25.0 Å². The number of pyridine rings is 1. The van der Waals surface area contributed by atoms with Gasteiger partial charge in [0.15, 0.2) is 0 Å². The number of rotatable bonds is 6. The van der Waals surface area contributed by atoms with E-state index in [1.807, 2.05) is 35.3 Å². The van der Waals surface area contributed by atoms with Crippen molar-refractivity contribution in [2.75, 3.05) is 19.6 Å². The van der Waals surface area contributed by atoms with Gasteiger partial charge in [-0.3, -0.25) is 9.67 Å². The minimum atomic E-state index is 0.183. The van der Waals surface area contributed by atoms with E-state index in [1.54, 1.807) is 24.8 Å². The van der Waals surface area contributed by atoms with Crippen LogP contribution in [0.1, 0.15) is 12.8 Å². The van der Waals surface area contributed by atoms with Crippen molar-refractivity contribution >= 4 is 0 Å². The van der Waals surface area contributed by atoms with Crippen molar-refractivity contribution in [2.45, 2.75) is 25.5 Å². The normalized spacial score (nSPS) is 15.8.